The van der Waals surface area contributed by atoms with E-state index in [1.165, 1.54) is 4.52 Å². The number of hydrogen-bond acceptors (Lipinski definition) is 2. The van der Waals surface area contributed by atoms with Crippen LogP contribution < -0.4 is 5.56 Å². The van der Waals surface area contributed by atoms with Crippen LogP contribution in [0.1, 0.15) is 11.3 Å². The van der Waals surface area contributed by atoms with Crippen molar-refractivity contribution in [2.24, 2.45) is 0 Å². The summed E-state index contributed by atoms with van der Waals surface area (Å²) in [5.74, 6) is 0. The fourth-order valence-electron chi connectivity index (χ4n) is 1.17. The minimum absolute atomic E-state index is 0.0342. The number of rotatable bonds is 0. The summed E-state index contributed by atoms with van der Waals surface area (Å²) in [5.41, 5.74) is 2.22. The molecule has 0 aliphatic carbocycles. The van der Waals surface area contributed by atoms with Gasteiger partial charge in [0, 0.05) is 23.5 Å². The van der Waals surface area contributed by atoms with Crippen molar-refractivity contribution in [1.29, 1.82) is 0 Å². The van der Waals surface area contributed by atoms with Crippen LogP contribution >= 0.6 is 0 Å². The highest BCUT2D eigenvalue weighted by atomic mass is 16.1. The van der Waals surface area contributed by atoms with Gasteiger partial charge in [-0.1, -0.05) is 0 Å². The van der Waals surface area contributed by atoms with Crippen LogP contribution in [0.3, 0.4) is 0 Å². The molecule has 2 heterocycles. The second-order valence-electron chi connectivity index (χ2n) is 2.88. The van der Waals surface area contributed by atoms with Crippen molar-refractivity contribution in [3.8, 4) is 0 Å². The molecule has 0 radical (unpaired) electrons. The van der Waals surface area contributed by atoms with Crippen molar-refractivity contribution in [1.82, 2.24) is 14.6 Å². The molecule has 0 aromatic carbocycles. The molecule has 0 aliphatic rings. The predicted molar refractivity (Wildman–Crippen MR) is 45.3 cm³/mol. The zero-order valence-corrected chi connectivity index (χ0v) is 6.96. The lowest BCUT2D eigenvalue weighted by molar-refractivity contribution is 0.869. The zero-order chi connectivity index (χ0) is 8.72. The first-order valence-electron chi connectivity index (χ1n) is 3.72. The van der Waals surface area contributed by atoms with Crippen LogP contribution in [-0.4, -0.2) is 14.6 Å². The normalized spacial score (nSPS) is 10.8. The molecule has 0 saturated carbocycles. The molecule has 0 amide bonds. The summed E-state index contributed by atoms with van der Waals surface area (Å²) in [7, 11) is 0. The molecule has 2 aromatic rings. The molecule has 12 heavy (non-hydrogen) atoms. The Labute approximate surface area is 68.8 Å². The number of aromatic amines is 1. The third-order valence-electron chi connectivity index (χ3n) is 1.79. The number of aryl methyl sites for hydroxylation is 2. The average Bonchev–Trinajstić information content (AvgIpc) is 2.39. The minimum atomic E-state index is -0.0342. The van der Waals surface area contributed by atoms with E-state index in [9.17, 15) is 4.79 Å². The van der Waals surface area contributed by atoms with Gasteiger partial charge < -0.3 is 0 Å². The highest BCUT2D eigenvalue weighted by Crippen LogP contribution is 1.98. The van der Waals surface area contributed by atoms with Crippen LogP contribution in [0.15, 0.2) is 17.1 Å². The van der Waals surface area contributed by atoms with E-state index in [0.717, 1.165) is 5.69 Å². The second kappa shape index (κ2) is 2.20. The van der Waals surface area contributed by atoms with Gasteiger partial charge in [-0.3, -0.25) is 9.89 Å². The topological polar surface area (TPSA) is 50.2 Å². The smallest absolute Gasteiger partial charge is 0.275 e. The maximum Gasteiger partial charge on any atom is 0.275 e. The lowest BCUT2D eigenvalue weighted by atomic mass is 10.4. The van der Waals surface area contributed by atoms with E-state index in [2.05, 4.69) is 10.1 Å². The Morgan fingerprint density at radius 3 is 3.00 bits per heavy atom. The molecule has 0 atom stereocenters. The van der Waals surface area contributed by atoms with Crippen molar-refractivity contribution in [2.75, 3.05) is 0 Å². The largest absolute Gasteiger partial charge is 0.294 e. The Hall–Kier alpha value is -1.58. The Morgan fingerprint density at radius 2 is 2.25 bits per heavy atom. The summed E-state index contributed by atoms with van der Waals surface area (Å²) in [4.78, 5) is 15.5. The monoisotopic (exact) mass is 163 g/mol. The third kappa shape index (κ3) is 0.845. The number of fused-ring (bicyclic) bond motifs is 1. The van der Waals surface area contributed by atoms with E-state index < -0.39 is 0 Å². The highest BCUT2D eigenvalue weighted by Gasteiger charge is 2.01. The van der Waals surface area contributed by atoms with Gasteiger partial charge in [0.1, 0.15) is 0 Å². The molecule has 62 valence electrons. The van der Waals surface area contributed by atoms with Crippen molar-refractivity contribution in [3.05, 3.63) is 33.9 Å². The van der Waals surface area contributed by atoms with Crippen LogP contribution in [0.4, 0.5) is 0 Å². The van der Waals surface area contributed by atoms with E-state index in [1.54, 1.807) is 13.1 Å². The molecule has 4 nitrogen and oxygen atoms in total. The van der Waals surface area contributed by atoms with Crippen molar-refractivity contribution in [3.63, 3.8) is 0 Å². The van der Waals surface area contributed by atoms with E-state index in [4.69, 9.17) is 0 Å². The number of nitrogens with zero attached hydrogens (tertiary/aromatic N) is 2. The summed E-state index contributed by atoms with van der Waals surface area (Å²) in [6.45, 7) is 3.64. The molecule has 4 heteroatoms. The first-order chi connectivity index (χ1) is 5.68. The predicted octanol–water partition coefficient (Wildman–Crippen LogP) is 0.639. The quantitative estimate of drug-likeness (QED) is 0.619. The molecule has 0 aliphatic heterocycles. The van der Waals surface area contributed by atoms with Crippen molar-refractivity contribution < 1.29 is 0 Å². The fourth-order valence-corrected chi connectivity index (χ4v) is 1.17. The van der Waals surface area contributed by atoms with Crippen LogP contribution in [0.2, 0.25) is 0 Å². The van der Waals surface area contributed by atoms with Gasteiger partial charge in [-0.05, 0) is 13.8 Å². The Morgan fingerprint density at radius 1 is 1.50 bits per heavy atom. The zero-order valence-electron chi connectivity index (χ0n) is 6.96. The van der Waals surface area contributed by atoms with Crippen LogP contribution in [0, 0.1) is 13.8 Å². The van der Waals surface area contributed by atoms with Gasteiger partial charge in [-0.2, -0.15) is 0 Å². The summed E-state index contributed by atoms with van der Waals surface area (Å²) in [6.07, 6.45) is 1.59. The molecule has 0 spiro atoms. The Balaban J connectivity index is 2.99. The van der Waals surface area contributed by atoms with E-state index in [-0.39, 0.29) is 5.56 Å². The van der Waals surface area contributed by atoms with E-state index in [1.807, 2.05) is 13.0 Å². The fraction of sp³-hybridized carbons (Fsp3) is 0.250. The molecule has 2 aromatic heterocycles. The Bertz CT molecular complexity index is 480. The first kappa shape index (κ1) is 7.09. The van der Waals surface area contributed by atoms with Gasteiger partial charge in [0.05, 0.1) is 0 Å². The van der Waals surface area contributed by atoms with Crippen molar-refractivity contribution >= 4 is 5.65 Å². The summed E-state index contributed by atoms with van der Waals surface area (Å²) >= 11 is 0. The summed E-state index contributed by atoms with van der Waals surface area (Å²) < 4.78 is 1.45. The standard InChI is InChI=1S/C8H9N3O/c1-5-4-9-7-3-6(2)10-11(7)8(5)12/h3-4,10H,1-2H3. The number of hydrogen-bond donors (Lipinski definition) is 1. The number of nitrogens with one attached hydrogen (secondary N) is 1. The lowest BCUT2D eigenvalue weighted by Crippen LogP contribution is -2.16. The van der Waals surface area contributed by atoms with E-state index in [0.29, 0.717) is 11.2 Å². The molecule has 0 fully saturated rings. The number of H-pyrrole nitrogens is 1. The van der Waals surface area contributed by atoms with Gasteiger partial charge in [0.15, 0.2) is 5.65 Å². The summed E-state index contributed by atoms with van der Waals surface area (Å²) in [6, 6.07) is 1.83. The molecule has 0 saturated heterocycles. The number of aromatic nitrogens is 3. The van der Waals surface area contributed by atoms with Crippen LogP contribution in [-0.2, 0) is 0 Å². The molecule has 0 bridgehead atoms. The minimum Gasteiger partial charge on any atom is -0.294 e. The molecule has 1 N–H and O–H groups in total. The average molecular weight is 163 g/mol. The highest BCUT2D eigenvalue weighted by molar-refractivity contribution is 5.38. The summed E-state index contributed by atoms with van der Waals surface area (Å²) in [5, 5.41) is 2.91. The Kier molecular flexibility index (Phi) is 1.30. The van der Waals surface area contributed by atoms with Crippen LogP contribution in [0.25, 0.3) is 5.65 Å². The van der Waals surface area contributed by atoms with E-state index >= 15 is 0 Å². The lowest BCUT2D eigenvalue weighted by Gasteiger charge is -1.92. The third-order valence-corrected chi connectivity index (χ3v) is 1.79. The first-order valence-corrected chi connectivity index (χ1v) is 3.72. The maximum absolute atomic E-state index is 11.4. The van der Waals surface area contributed by atoms with Gasteiger partial charge in [-0.25, -0.2) is 9.50 Å². The van der Waals surface area contributed by atoms with Gasteiger partial charge in [0.25, 0.3) is 5.56 Å². The molecular weight excluding hydrogens is 154 g/mol. The maximum atomic E-state index is 11.4. The second-order valence-corrected chi connectivity index (χ2v) is 2.88. The molecule has 0 unspecified atom stereocenters. The van der Waals surface area contributed by atoms with Gasteiger partial charge in [-0.15, -0.1) is 0 Å². The van der Waals surface area contributed by atoms with Crippen molar-refractivity contribution in [2.45, 2.75) is 13.8 Å². The molecule has 2 rings (SSSR count). The van der Waals surface area contributed by atoms with Gasteiger partial charge in [0.2, 0.25) is 0 Å². The molecular formula is C8H9N3O. The van der Waals surface area contributed by atoms with Gasteiger partial charge >= 0.3 is 0 Å². The van der Waals surface area contributed by atoms with Crippen LogP contribution in [0.5, 0.6) is 0 Å². The SMILES string of the molecule is Cc1cc2ncc(C)c(=O)n2[nH]1.